The van der Waals surface area contributed by atoms with Crippen LogP contribution in [0.5, 0.6) is 17.2 Å². The van der Waals surface area contributed by atoms with Crippen molar-refractivity contribution in [2.75, 3.05) is 33.6 Å². The normalized spacial score (nSPS) is 11.2. The number of carbonyl (C=O) groups is 1. The van der Waals surface area contributed by atoms with Gasteiger partial charge in [-0.25, -0.2) is 12.7 Å². The summed E-state index contributed by atoms with van der Waals surface area (Å²) < 4.78 is 42.7. The first-order chi connectivity index (χ1) is 15.8. The summed E-state index contributed by atoms with van der Waals surface area (Å²) in [6.07, 6.45) is 0. The van der Waals surface area contributed by atoms with E-state index in [0.29, 0.717) is 29.4 Å². The fourth-order valence-corrected chi connectivity index (χ4v) is 4.09. The molecule has 0 aromatic heterocycles. The first kappa shape index (κ1) is 24.1. The van der Waals surface area contributed by atoms with Gasteiger partial charge in [-0.1, -0.05) is 30.3 Å². The number of rotatable bonds is 9. The van der Waals surface area contributed by atoms with Crippen LogP contribution in [0.15, 0.2) is 71.6 Å². The predicted molar refractivity (Wildman–Crippen MR) is 126 cm³/mol. The average molecular weight is 471 g/mol. The van der Waals surface area contributed by atoms with Gasteiger partial charge in [0.15, 0.2) is 11.5 Å². The van der Waals surface area contributed by atoms with Gasteiger partial charge in [0.1, 0.15) is 17.3 Å². The highest BCUT2D eigenvalue weighted by Gasteiger charge is 2.23. The molecule has 9 heteroatoms. The maximum atomic E-state index is 12.8. The molecule has 0 atom stereocenters. The molecule has 0 saturated heterocycles. The highest BCUT2D eigenvalue weighted by molar-refractivity contribution is 7.89. The molecule has 0 saturated carbocycles. The van der Waals surface area contributed by atoms with E-state index >= 15 is 0 Å². The van der Waals surface area contributed by atoms with Gasteiger partial charge in [-0.15, -0.1) is 0 Å². The molecule has 0 aliphatic carbocycles. The second-order valence-electron chi connectivity index (χ2n) is 7.25. The molecule has 0 bridgehead atoms. The molecule has 3 aromatic rings. The molecule has 0 fully saturated rings. The van der Waals surface area contributed by atoms with Crippen molar-refractivity contribution in [3.05, 3.63) is 77.9 Å². The molecule has 0 aliphatic rings. The van der Waals surface area contributed by atoms with Gasteiger partial charge in [-0.2, -0.15) is 0 Å². The van der Waals surface area contributed by atoms with Gasteiger partial charge in [0.05, 0.1) is 14.2 Å². The summed E-state index contributed by atoms with van der Waals surface area (Å²) in [5.41, 5.74) is 1.64. The Bertz CT molecular complexity index is 1230. The second kappa shape index (κ2) is 10.4. The molecule has 0 heterocycles. The van der Waals surface area contributed by atoms with E-state index in [-0.39, 0.29) is 10.6 Å². The number of nitrogens with zero attached hydrogens (tertiary/aromatic N) is 1. The van der Waals surface area contributed by atoms with Crippen LogP contribution < -0.4 is 19.5 Å². The van der Waals surface area contributed by atoms with Gasteiger partial charge in [-0.05, 0) is 42.0 Å². The summed E-state index contributed by atoms with van der Waals surface area (Å²) in [5, 5.41) is 2.72. The van der Waals surface area contributed by atoms with Crippen molar-refractivity contribution >= 4 is 21.6 Å². The lowest BCUT2D eigenvalue weighted by molar-refractivity contribution is 0.102. The van der Waals surface area contributed by atoms with Crippen LogP contribution in [0.25, 0.3) is 0 Å². The van der Waals surface area contributed by atoms with Crippen LogP contribution in [-0.2, 0) is 16.6 Å². The van der Waals surface area contributed by atoms with Gasteiger partial charge in [0.25, 0.3) is 5.91 Å². The van der Waals surface area contributed by atoms with Crippen LogP contribution in [0.1, 0.15) is 15.9 Å². The highest BCUT2D eigenvalue weighted by atomic mass is 32.2. The molecule has 0 unspecified atom stereocenters. The SMILES string of the molecule is COc1cc(C(=O)Nc2ccc(OC)c(S(=O)(=O)N(C)C)c2)ccc1OCc1ccccc1. The maximum Gasteiger partial charge on any atom is 0.255 e. The van der Waals surface area contributed by atoms with E-state index in [1.165, 1.54) is 40.4 Å². The number of anilines is 1. The molecule has 0 spiro atoms. The maximum absolute atomic E-state index is 12.8. The molecule has 3 rings (SSSR count). The minimum absolute atomic E-state index is 0.0463. The summed E-state index contributed by atoms with van der Waals surface area (Å²) in [6.45, 7) is 0.359. The van der Waals surface area contributed by atoms with Crippen LogP contribution in [0.2, 0.25) is 0 Å². The van der Waals surface area contributed by atoms with E-state index < -0.39 is 15.9 Å². The van der Waals surface area contributed by atoms with Crippen molar-refractivity contribution in [2.24, 2.45) is 0 Å². The van der Waals surface area contributed by atoms with Gasteiger partial charge < -0.3 is 19.5 Å². The fourth-order valence-electron chi connectivity index (χ4n) is 3.02. The van der Waals surface area contributed by atoms with Gasteiger partial charge in [-0.3, -0.25) is 4.79 Å². The van der Waals surface area contributed by atoms with E-state index in [4.69, 9.17) is 14.2 Å². The standard InChI is InChI=1S/C24H26N2O6S/c1-26(2)33(28,29)23-15-19(11-13-21(23)30-3)25-24(27)18-10-12-20(22(14-18)31-4)32-16-17-8-6-5-7-9-17/h5-15H,16H2,1-4H3,(H,25,27). The minimum atomic E-state index is -3.77. The first-order valence-electron chi connectivity index (χ1n) is 10.0. The third-order valence-corrected chi connectivity index (χ3v) is 6.68. The first-order valence-corrected chi connectivity index (χ1v) is 11.5. The van der Waals surface area contributed by atoms with Crippen LogP contribution in [0.3, 0.4) is 0 Å². The van der Waals surface area contributed by atoms with E-state index in [0.717, 1.165) is 9.87 Å². The summed E-state index contributed by atoms with van der Waals surface area (Å²) in [4.78, 5) is 12.8. The summed E-state index contributed by atoms with van der Waals surface area (Å²) in [7, 11) is 1.96. The van der Waals surface area contributed by atoms with Gasteiger partial charge >= 0.3 is 0 Å². The Kier molecular flexibility index (Phi) is 7.57. The third-order valence-electron chi connectivity index (χ3n) is 4.84. The summed E-state index contributed by atoms with van der Waals surface area (Å²) in [6, 6.07) is 19.0. The Labute approximate surface area is 193 Å². The quantitative estimate of drug-likeness (QED) is 0.511. The lowest BCUT2D eigenvalue weighted by atomic mass is 10.1. The molecule has 1 N–H and O–H groups in total. The summed E-state index contributed by atoms with van der Waals surface area (Å²) >= 11 is 0. The fraction of sp³-hybridized carbons (Fsp3) is 0.208. The largest absolute Gasteiger partial charge is 0.495 e. The number of sulfonamides is 1. The minimum Gasteiger partial charge on any atom is -0.495 e. The Morgan fingerprint density at radius 3 is 2.18 bits per heavy atom. The van der Waals surface area contributed by atoms with E-state index in [2.05, 4.69) is 5.32 Å². The summed E-state index contributed by atoms with van der Waals surface area (Å²) in [5.74, 6) is 0.662. The molecule has 0 aliphatic heterocycles. The Morgan fingerprint density at radius 1 is 0.879 bits per heavy atom. The molecule has 1 amide bonds. The highest BCUT2D eigenvalue weighted by Crippen LogP contribution is 2.31. The number of hydrogen-bond acceptors (Lipinski definition) is 6. The number of hydrogen-bond donors (Lipinski definition) is 1. The monoisotopic (exact) mass is 470 g/mol. The van der Waals surface area contributed by atoms with Crippen LogP contribution in [-0.4, -0.2) is 46.9 Å². The van der Waals surface area contributed by atoms with Crippen molar-refractivity contribution in [3.8, 4) is 17.2 Å². The molecule has 33 heavy (non-hydrogen) atoms. The van der Waals surface area contributed by atoms with Crippen molar-refractivity contribution < 1.29 is 27.4 Å². The van der Waals surface area contributed by atoms with E-state index in [1.807, 2.05) is 30.3 Å². The lowest BCUT2D eigenvalue weighted by Crippen LogP contribution is -2.23. The molecule has 8 nitrogen and oxygen atoms in total. The molecule has 174 valence electrons. The van der Waals surface area contributed by atoms with Crippen molar-refractivity contribution in [1.82, 2.24) is 4.31 Å². The zero-order valence-electron chi connectivity index (χ0n) is 18.9. The smallest absolute Gasteiger partial charge is 0.255 e. The Hall–Kier alpha value is -3.56. The van der Waals surface area contributed by atoms with Gasteiger partial charge in [0, 0.05) is 25.3 Å². The second-order valence-corrected chi connectivity index (χ2v) is 9.37. The van der Waals surface area contributed by atoms with Crippen LogP contribution in [0, 0.1) is 0 Å². The number of benzene rings is 3. The number of ether oxygens (including phenoxy) is 3. The number of nitrogens with one attached hydrogen (secondary N) is 1. The van der Waals surface area contributed by atoms with E-state index in [1.54, 1.807) is 24.3 Å². The zero-order valence-corrected chi connectivity index (χ0v) is 19.7. The average Bonchev–Trinajstić information content (AvgIpc) is 2.83. The number of amides is 1. The van der Waals surface area contributed by atoms with Crippen LogP contribution >= 0.6 is 0 Å². The Balaban J connectivity index is 1.80. The van der Waals surface area contributed by atoms with Crippen molar-refractivity contribution in [1.29, 1.82) is 0 Å². The number of methoxy groups -OCH3 is 2. The molecule has 3 aromatic carbocycles. The van der Waals surface area contributed by atoms with E-state index in [9.17, 15) is 13.2 Å². The number of carbonyl (C=O) groups excluding carboxylic acids is 1. The topological polar surface area (TPSA) is 94.2 Å². The Morgan fingerprint density at radius 2 is 1.55 bits per heavy atom. The van der Waals surface area contributed by atoms with Crippen LogP contribution in [0.4, 0.5) is 5.69 Å². The molecular formula is C24H26N2O6S. The van der Waals surface area contributed by atoms with Gasteiger partial charge in [0.2, 0.25) is 10.0 Å². The van der Waals surface area contributed by atoms with Crippen molar-refractivity contribution in [2.45, 2.75) is 11.5 Å². The molecular weight excluding hydrogens is 444 g/mol. The molecule has 0 radical (unpaired) electrons. The third kappa shape index (κ3) is 5.63. The van der Waals surface area contributed by atoms with Crippen molar-refractivity contribution in [3.63, 3.8) is 0 Å². The zero-order chi connectivity index (χ0) is 24.0. The predicted octanol–water partition coefficient (Wildman–Crippen LogP) is 3.79. The lowest BCUT2D eigenvalue weighted by Gasteiger charge is -2.16.